The van der Waals surface area contributed by atoms with Crippen molar-refractivity contribution in [2.45, 2.75) is 11.3 Å². The van der Waals surface area contributed by atoms with Gasteiger partial charge in [0.05, 0.1) is 17.9 Å². The van der Waals surface area contributed by atoms with Gasteiger partial charge < -0.3 is 10.6 Å². The highest BCUT2D eigenvalue weighted by Gasteiger charge is 2.08. The van der Waals surface area contributed by atoms with Crippen LogP contribution < -0.4 is 10.6 Å². The highest BCUT2D eigenvalue weighted by molar-refractivity contribution is 8.00. The molecule has 0 fully saturated rings. The number of carbonyl (C=O) groups is 2. The summed E-state index contributed by atoms with van der Waals surface area (Å²) in [5.74, 6) is -0.670. The Labute approximate surface area is 167 Å². The van der Waals surface area contributed by atoms with E-state index in [4.69, 9.17) is 0 Å². The van der Waals surface area contributed by atoms with Gasteiger partial charge in [0.15, 0.2) is 0 Å². The molecular weight excluding hydrogens is 375 g/mol. The molecule has 2 N–H and O–H groups in total. The van der Waals surface area contributed by atoms with Crippen molar-refractivity contribution in [3.05, 3.63) is 90.2 Å². The summed E-state index contributed by atoms with van der Waals surface area (Å²) in [6, 6.07) is 22.8. The fourth-order valence-electron chi connectivity index (χ4n) is 2.52. The number of thioether (sulfide) groups is 1. The van der Waals surface area contributed by atoms with Gasteiger partial charge in [-0.3, -0.25) is 9.59 Å². The number of hydrogen-bond donors (Lipinski definition) is 2. The second-order valence-electron chi connectivity index (χ2n) is 6.05. The average molecular weight is 394 g/mol. The summed E-state index contributed by atoms with van der Waals surface area (Å²) < 4.78 is 13.5. The summed E-state index contributed by atoms with van der Waals surface area (Å²) in [5.41, 5.74) is 1.82. The molecule has 0 unspecified atom stereocenters. The fourth-order valence-corrected chi connectivity index (χ4v) is 3.22. The normalized spacial score (nSPS) is 10.3. The number of amides is 2. The summed E-state index contributed by atoms with van der Waals surface area (Å²) in [5, 5.41) is 5.40. The van der Waals surface area contributed by atoms with E-state index in [0.717, 1.165) is 10.5 Å². The zero-order chi connectivity index (χ0) is 19.8. The maximum Gasteiger partial charge on any atom is 0.234 e. The van der Waals surface area contributed by atoms with Gasteiger partial charge in [-0.2, -0.15) is 0 Å². The molecule has 0 radical (unpaired) electrons. The van der Waals surface area contributed by atoms with Crippen molar-refractivity contribution in [1.82, 2.24) is 0 Å². The van der Waals surface area contributed by atoms with Gasteiger partial charge in [-0.15, -0.1) is 11.8 Å². The molecular formula is C22H19FN2O2S. The third-order valence-corrected chi connectivity index (χ3v) is 4.88. The monoisotopic (exact) mass is 394 g/mol. The highest BCUT2D eigenvalue weighted by Crippen LogP contribution is 2.21. The summed E-state index contributed by atoms with van der Waals surface area (Å²) in [6.45, 7) is 0. The Morgan fingerprint density at radius 2 is 1.46 bits per heavy atom. The van der Waals surface area contributed by atoms with Gasteiger partial charge >= 0.3 is 0 Å². The maximum absolute atomic E-state index is 13.5. The molecule has 28 heavy (non-hydrogen) atoms. The maximum atomic E-state index is 13.5. The van der Waals surface area contributed by atoms with E-state index in [2.05, 4.69) is 10.6 Å². The van der Waals surface area contributed by atoms with Crippen LogP contribution in [0.1, 0.15) is 5.56 Å². The van der Waals surface area contributed by atoms with E-state index in [-0.39, 0.29) is 23.3 Å². The Morgan fingerprint density at radius 1 is 0.786 bits per heavy atom. The zero-order valence-corrected chi connectivity index (χ0v) is 15.8. The molecule has 0 aromatic heterocycles. The van der Waals surface area contributed by atoms with Crippen LogP contribution in [0.2, 0.25) is 0 Å². The Morgan fingerprint density at radius 3 is 2.18 bits per heavy atom. The molecule has 0 aliphatic rings. The number of halogens is 1. The van der Waals surface area contributed by atoms with E-state index in [9.17, 15) is 14.0 Å². The van der Waals surface area contributed by atoms with Crippen molar-refractivity contribution < 1.29 is 14.0 Å². The predicted molar refractivity (Wildman–Crippen MR) is 111 cm³/mol. The van der Waals surface area contributed by atoms with Gasteiger partial charge in [0.25, 0.3) is 0 Å². The van der Waals surface area contributed by atoms with Gasteiger partial charge in [0, 0.05) is 10.6 Å². The summed E-state index contributed by atoms with van der Waals surface area (Å²) in [4.78, 5) is 24.9. The molecule has 0 saturated heterocycles. The minimum Gasteiger partial charge on any atom is -0.326 e. The lowest BCUT2D eigenvalue weighted by molar-refractivity contribution is -0.115. The van der Waals surface area contributed by atoms with E-state index in [1.165, 1.54) is 23.9 Å². The van der Waals surface area contributed by atoms with Crippen LogP contribution >= 0.6 is 11.8 Å². The number of nitrogens with one attached hydrogen (secondary N) is 2. The standard InChI is InChI=1S/C22H19FN2O2S/c23-19-8-4-5-9-20(19)25-22(27)15-28-18-12-10-17(11-13-18)24-21(26)14-16-6-2-1-3-7-16/h1-13H,14-15H2,(H,24,26)(H,25,27). The average Bonchev–Trinajstić information content (AvgIpc) is 2.70. The third kappa shape index (κ3) is 5.96. The van der Waals surface area contributed by atoms with E-state index >= 15 is 0 Å². The third-order valence-electron chi connectivity index (χ3n) is 3.86. The van der Waals surface area contributed by atoms with Gasteiger partial charge in [-0.05, 0) is 42.0 Å². The van der Waals surface area contributed by atoms with Crippen LogP contribution in [0, 0.1) is 5.82 Å². The molecule has 0 heterocycles. The molecule has 3 rings (SSSR count). The summed E-state index contributed by atoms with van der Waals surface area (Å²) in [6.07, 6.45) is 0.313. The van der Waals surface area contributed by atoms with Crippen LogP contribution in [0.3, 0.4) is 0 Å². The lowest BCUT2D eigenvalue weighted by Gasteiger charge is -2.08. The molecule has 0 bridgehead atoms. The van der Waals surface area contributed by atoms with Gasteiger partial charge in [0.1, 0.15) is 5.82 Å². The number of hydrogen-bond acceptors (Lipinski definition) is 3. The lowest BCUT2D eigenvalue weighted by Crippen LogP contribution is -2.15. The smallest absolute Gasteiger partial charge is 0.234 e. The molecule has 3 aromatic carbocycles. The van der Waals surface area contributed by atoms with Gasteiger partial charge in [-0.25, -0.2) is 4.39 Å². The summed E-state index contributed by atoms with van der Waals surface area (Å²) in [7, 11) is 0. The van der Waals surface area contributed by atoms with Crippen LogP contribution in [0.15, 0.2) is 83.8 Å². The van der Waals surface area contributed by atoms with Crippen molar-refractivity contribution >= 4 is 35.0 Å². The molecule has 0 saturated carbocycles. The Bertz CT molecular complexity index is 946. The van der Waals surface area contributed by atoms with E-state index in [1.54, 1.807) is 24.3 Å². The second kappa shape index (κ2) is 9.71. The summed E-state index contributed by atoms with van der Waals surface area (Å²) >= 11 is 1.34. The Balaban J connectivity index is 1.47. The molecule has 0 spiro atoms. The SMILES string of the molecule is O=C(Cc1ccccc1)Nc1ccc(SCC(=O)Nc2ccccc2F)cc1. The molecule has 0 aliphatic heterocycles. The highest BCUT2D eigenvalue weighted by atomic mass is 32.2. The van der Waals surface area contributed by atoms with E-state index < -0.39 is 5.82 Å². The largest absolute Gasteiger partial charge is 0.326 e. The molecule has 3 aromatic rings. The number of benzene rings is 3. The second-order valence-corrected chi connectivity index (χ2v) is 7.10. The quantitative estimate of drug-likeness (QED) is 0.569. The van der Waals surface area contributed by atoms with Crippen molar-refractivity contribution in [3.63, 3.8) is 0 Å². The Hall–Kier alpha value is -3.12. The Kier molecular flexibility index (Phi) is 6.81. The lowest BCUT2D eigenvalue weighted by atomic mass is 10.1. The number of carbonyl (C=O) groups excluding carboxylic acids is 2. The zero-order valence-electron chi connectivity index (χ0n) is 15.0. The van der Waals surface area contributed by atoms with E-state index in [0.29, 0.717) is 12.1 Å². The first-order chi connectivity index (χ1) is 13.6. The first kappa shape index (κ1) is 19.6. The number of para-hydroxylation sites is 1. The van der Waals surface area contributed by atoms with Crippen molar-refractivity contribution in [2.75, 3.05) is 16.4 Å². The molecule has 4 nitrogen and oxygen atoms in total. The molecule has 142 valence electrons. The fraction of sp³-hybridized carbons (Fsp3) is 0.0909. The molecule has 6 heteroatoms. The molecule has 0 aliphatic carbocycles. The minimum absolute atomic E-state index is 0.0872. The van der Waals surface area contributed by atoms with E-state index in [1.807, 2.05) is 42.5 Å². The van der Waals surface area contributed by atoms with Crippen LogP contribution in [-0.2, 0) is 16.0 Å². The number of rotatable bonds is 7. The number of anilines is 2. The minimum atomic E-state index is -0.462. The van der Waals surface area contributed by atoms with Crippen LogP contribution in [0.5, 0.6) is 0 Å². The topological polar surface area (TPSA) is 58.2 Å². The van der Waals surface area contributed by atoms with Crippen LogP contribution in [-0.4, -0.2) is 17.6 Å². The van der Waals surface area contributed by atoms with Crippen molar-refractivity contribution in [3.8, 4) is 0 Å². The van der Waals surface area contributed by atoms with Crippen molar-refractivity contribution in [1.29, 1.82) is 0 Å². The first-order valence-electron chi connectivity index (χ1n) is 8.71. The van der Waals surface area contributed by atoms with Gasteiger partial charge in [-0.1, -0.05) is 42.5 Å². The molecule has 0 atom stereocenters. The van der Waals surface area contributed by atoms with Gasteiger partial charge in [0.2, 0.25) is 11.8 Å². The first-order valence-corrected chi connectivity index (χ1v) is 9.70. The van der Waals surface area contributed by atoms with Crippen molar-refractivity contribution in [2.24, 2.45) is 0 Å². The van der Waals surface area contributed by atoms with Crippen LogP contribution in [0.25, 0.3) is 0 Å². The molecule has 2 amide bonds. The van der Waals surface area contributed by atoms with Crippen LogP contribution in [0.4, 0.5) is 15.8 Å². The predicted octanol–water partition coefficient (Wildman–Crippen LogP) is 4.74.